The summed E-state index contributed by atoms with van der Waals surface area (Å²) in [4.78, 5) is 13.6. The first-order valence-electron chi connectivity index (χ1n) is 7.37. The van der Waals surface area contributed by atoms with Crippen LogP contribution in [0.1, 0.15) is 0 Å². The summed E-state index contributed by atoms with van der Waals surface area (Å²) in [5.41, 5.74) is 2.84. The van der Waals surface area contributed by atoms with Gasteiger partial charge in [-0.25, -0.2) is 4.98 Å². The van der Waals surface area contributed by atoms with Crippen LogP contribution in [0.2, 0.25) is 0 Å². The van der Waals surface area contributed by atoms with Crippen LogP contribution in [0.4, 0.5) is 0 Å². The van der Waals surface area contributed by atoms with Crippen LogP contribution in [0.3, 0.4) is 0 Å². The van der Waals surface area contributed by atoms with Gasteiger partial charge < -0.3 is 0 Å². The number of fused-ring (bicyclic) bond motifs is 4. The maximum Gasteiger partial charge on any atom is 0.106 e. The third-order valence-electron chi connectivity index (χ3n) is 4.03. The first-order chi connectivity index (χ1) is 11.4. The summed E-state index contributed by atoms with van der Waals surface area (Å²) < 4.78 is 2.34. The van der Waals surface area contributed by atoms with Gasteiger partial charge in [-0.2, -0.15) is 0 Å². The Hall–Kier alpha value is -2.85. The molecule has 0 N–H and O–H groups in total. The lowest BCUT2D eigenvalue weighted by Crippen LogP contribution is -1.88. The normalized spacial score (nSPS) is 11.5. The van der Waals surface area contributed by atoms with Crippen molar-refractivity contribution >= 4 is 42.4 Å². The van der Waals surface area contributed by atoms with Crippen molar-refractivity contribution in [3.05, 3.63) is 67.1 Å². The van der Waals surface area contributed by atoms with E-state index in [-0.39, 0.29) is 0 Å². The second-order valence-electron chi connectivity index (χ2n) is 5.40. The molecule has 0 atom stereocenters. The average molecular weight is 313 g/mol. The summed E-state index contributed by atoms with van der Waals surface area (Å²) in [5.74, 6) is 0. The van der Waals surface area contributed by atoms with Crippen LogP contribution in [-0.4, -0.2) is 15.0 Å². The van der Waals surface area contributed by atoms with E-state index in [0.29, 0.717) is 0 Å². The third-order valence-corrected chi connectivity index (χ3v) is 5.19. The molecular weight excluding hydrogens is 302 g/mol. The second-order valence-corrected chi connectivity index (χ2v) is 6.45. The van der Waals surface area contributed by atoms with Crippen LogP contribution in [-0.2, 0) is 0 Å². The van der Waals surface area contributed by atoms with Gasteiger partial charge in [-0.05, 0) is 24.3 Å². The molecule has 0 fully saturated rings. The molecule has 5 aromatic rings. The van der Waals surface area contributed by atoms with Crippen LogP contribution < -0.4 is 0 Å². The number of benzene rings is 1. The molecule has 4 heteroatoms. The molecule has 4 aromatic heterocycles. The van der Waals surface area contributed by atoms with E-state index in [9.17, 15) is 0 Å². The van der Waals surface area contributed by atoms with E-state index in [1.54, 1.807) is 11.3 Å². The summed E-state index contributed by atoms with van der Waals surface area (Å²) in [6, 6.07) is 16.4. The van der Waals surface area contributed by atoms with Crippen molar-refractivity contribution in [1.29, 1.82) is 0 Å². The standard InChI is InChI=1S/C19H11N3S/c1-2-4-15-12(3-1)5-6-16(22-15)18-19-14(8-10-21-18)13-7-9-20-11-17(13)23-19/h1-11H. The molecule has 0 unspecified atom stereocenters. The molecule has 0 amide bonds. The van der Waals surface area contributed by atoms with Crippen molar-refractivity contribution in [3.8, 4) is 11.4 Å². The van der Waals surface area contributed by atoms with Crippen molar-refractivity contribution in [3.63, 3.8) is 0 Å². The quantitative estimate of drug-likeness (QED) is 0.434. The number of thiophene rings is 1. The highest BCUT2D eigenvalue weighted by molar-refractivity contribution is 7.26. The Morgan fingerprint density at radius 1 is 0.826 bits per heavy atom. The van der Waals surface area contributed by atoms with Crippen molar-refractivity contribution in [2.24, 2.45) is 0 Å². The SMILES string of the molecule is c1ccc2nc(-c3nccc4c3sc3cnccc34)ccc2c1. The predicted octanol–water partition coefficient (Wildman–Crippen LogP) is 5.06. The zero-order valence-electron chi connectivity index (χ0n) is 12.1. The lowest BCUT2D eigenvalue weighted by Gasteiger charge is -2.03. The Kier molecular flexibility index (Phi) is 2.66. The Morgan fingerprint density at radius 3 is 2.74 bits per heavy atom. The average Bonchev–Trinajstić information content (AvgIpc) is 3.00. The number of para-hydroxylation sites is 1. The van der Waals surface area contributed by atoms with E-state index in [2.05, 4.69) is 34.2 Å². The largest absolute Gasteiger partial charge is 0.263 e. The Morgan fingerprint density at radius 2 is 1.74 bits per heavy atom. The highest BCUT2D eigenvalue weighted by Crippen LogP contribution is 2.37. The zero-order chi connectivity index (χ0) is 15.2. The molecular formula is C19H11N3S. The number of pyridine rings is 3. The molecule has 4 heterocycles. The molecule has 0 radical (unpaired) electrons. The maximum atomic E-state index is 4.79. The van der Waals surface area contributed by atoms with Gasteiger partial charge in [0.1, 0.15) is 5.69 Å². The smallest absolute Gasteiger partial charge is 0.106 e. The third kappa shape index (κ3) is 1.92. The minimum absolute atomic E-state index is 0.911. The van der Waals surface area contributed by atoms with Gasteiger partial charge >= 0.3 is 0 Å². The van der Waals surface area contributed by atoms with Gasteiger partial charge in [0, 0.05) is 34.7 Å². The number of hydrogen-bond acceptors (Lipinski definition) is 4. The molecule has 5 rings (SSSR count). The molecule has 0 aliphatic carbocycles. The molecule has 0 spiro atoms. The number of nitrogens with zero attached hydrogens (tertiary/aromatic N) is 3. The summed E-state index contributed by atoms with van der Waals surface area (Å²) in [6.45, 7) is 0. The second kappa shape index (κ2) is 4.83. The summed E-state index contributed by atoms with van der Waals surface area (Å²) in [5, 5.41) is 3.58. The fraction of sp³-hybridized carbons (Fsp3) is 0. The van der Waals surface area contributed by atoms with E-state index in [4.69, 9.17) is 4.98 Å². The number of aromatic nitrogens is 3. The van der Waals surface area contributed by atoms with Crippen molar-refractivity contribution in [2.45, 2.75) is 0 Å². The van der Waals surface area contributed by atoms with Gasteiger partial charge in [0.05, 0.1) is 20.6 Å². The van der Waals surface area contributed by atoms with Crippen LogP contribution in [0.25, 0.3) is 42.5 Å². The van der Waals surface area contributed by atoms with Gasteiger partial charge in [-0.15, -0.1) is 11.3 Å². The molecule has 23 heavy (non-hydrogen) atoms. The van der Waals surface area contributed by atoms with Crippen molar-refractivity contribution in [2.75, 3.05) is 0 Å². The molecule has 0 aliphatic heterocycles. The Balaban J connectivity index is 1.84. The van der Waals surface area contributed by atoms with E-state index in [1.807, 2.05) is 42.9 Å². The maximum absolute atomic E-state index is 4.79. The van der Waals surface area contributed by atoms with Crippen molar-refractivity contribution < 1.29 is 0 Å². The minimum Gasteiger partial charge on any atom is -0.263 e. The minimum atomic E-state index is 0.911. The van der Waals surface area contributed by atoms with E-state index in [0.717, 1.165) is 22.3 Å². The lowest BCUT2D eigenvalue weighted by atomic mass is 10.1. The van der Waals surface area contributed by atoms with Crippen LogP contribution in [0.15, 0.2) is 67.1 Å². The molecule has 0 saturated heterocycles. The first kappa shape index (κ1) is 12.7. The van der Waals surface area contributed by atoms with Gasteiger partial charge in [0.25, 0.3) is 0 Å². The summed E-state index contributed by atoms with van der Waals surface area (Å²) in [7, 11) is 0. The van der Waals surface area contributed by atoms with Gasteiger partial charge in [0.2, 0.25) is 0 Å². The van der Waals surface area contributed by atoms with Gasteiger partial charge in [0.15, 0.2) is 0 Å². The molecule has 3 nitrogen and oxygen atoms in total. The molecule has 1 aromatic carbocycles. The van der Waals surface area contributed by atoms with Crippen LogP contribution >= 0.6 is 11.3 Å². The van der Waals surface area contributed by atoms with Crippen LogP contribution in [0.5, 0.6) is 0 Å². The number of hydrogen-bond donors (Lipinski definition) is 0. The van der Waals surface area contributed by atoms with Gasteiger partial charge in [-0.3, -0.25) is 9.97 Å². The molecule has 0 saturated carbocycles. The first-order valence-corrected chi connectivity index (χ1v) is 8.19. The number of rotatable bonds is 1. The van der Waals surface area contributed by atoms with E-state index in [1.165, 1.54) is 20.2 Å². The van der Waals surface area contributed by atoms with E-state index >= 15 is 0 Å². The van der Waals surface area contributed by atoms with Gasteiger partial charge in [-0.1, -0.05) is 24.3 Å². The highest BCUT2D eigenvalue weighted by Gasteiger charge is 2.12. The zero-order valence-corrected chi connectivity index (χ0v) is 12.9. The van der Waals surface area contributed by atoms with E-state index < -0.39 is 0 Å². The van der Waals surface area contributed by atoms with Crippen LogP contribution in [0, 0.1) is 0 Å². The molecule has 0 aliphatic rings. The Bertz CT molecular complexity index is 1180. The predicted molar refractivity (Wildman–Crippen MR) is 95.7 cm³/mol. The summed E-state index contributed by atoms with van der Waals surface area (Å²) >= 11 is 1.72. The van der Waals surface area contributed by atoms with Crippen molar-refractivity contribution in [1.82, 2.24) is 15.0 Å². The Labute approximate surface area is 136 Å². The monoisotopic (exact) mass is 313 g/mol. The molecule has 0 bridgehead atoms. The lowest BCUT2D eigenvalue weighted by molar-refractivity contribution is 1.31. The fourth-order valence-electron chi connectivity index (χ4n) is 2.94. The highest BCUT2D eigenvalue weighted by atomic mass is 32.1. The topological polar surface area (TPSA) is 38.7 Å². The fourth-order valence-corrected chi connectivity index (χ4v) is 4.10. The molecule has 108 valence electrons. The summed E-state index contributed by atoms with van der Waals surface area (Å²) in [6.07, 6.45) is 5.61.